The summed E-state index contributed by atoms with van der Waals surface area (Å²) in [6.45, 7) is 6.64. The largest absolute Gasteiger partial charge is 0.375 e. The standard InChI is InChI=1S/C13H25N3O2/c1-15(7-8-16-5-2-3-6-16)13(17)10-12-11-14-4-9-18-12/h12,14H,2-11H2,1H3. The van der Waals surface area contributed by atoms with E-state index in [1.807, 2.05) is 11.9 Å². The molecule has 2 aliphatic rings. The Bertz CT molecular complexity index is 261. The summed E-state index contributed by atoms with van der Waals surface area (Å²) in [5.41, 5.74) is 0. The van der Waals surface area contributed by atoms with Crippen molar-refractivity contribution in [2.45, 2.75) is 25.4 Å². The van der Waals surface area contributed by atoms with Gasteiger partial charge in [0.15, 0.2) is 0 Å². The Hall–Kier alpha value is -0.650. The maximum Gasteiger partial charge on any atom is 0.225 e. The van der Waals surface area contributed by atoms with Crippen molar-refractivity contribution in [3.05, 3.63) is 0 Å². The van der Waals surface area contributed by atoms with Gasteiger partial charge in [0.1, 0.15) is 0 Å². The molecule has 0 saturated carbocycles. The molecule has 0 spiro atoms. The molecule has 0 bridgehead atoms. The van der Waals surface area contributed by atoms with Crippen LogP contribution in [0.15, 0.2) is 0 Å². The van der Waals surface area contributed by atoms with Gasteiger partial charge >= 0.3 is 0 Å². The van der Waals surface area contributed by atoms with E-state index in [1.165, 1.54) is 25.9 Å². The Morgan fingerprint density at radius 1 is 1.44 bits per heavy atom. The average Bonchev–Trinajstić information content (AvgIpc) is 2.90. The first-order chi connectivity index (χ1) is 8.75. The highest BCUT2D eigenvalue weighted by molar-refractivity contribution is 5.76. The van der Waals surface area contributed by atoms with Crippen LogP contribution >= 0.6 is 0 Å². The number of hydrogen-bond acceptors (Lipinski definition) is 4. The minimum absolute atomic E-state index is 0.0560. The summed E-state index contributed by atoms with van der Waals surface area (Å²) in [4.78, 5) is 16.3. The summed E-state index contributed by atoms with van der Waals surface area (Å²) in [5, 5.41) is 3.25. The topological polar surface area (TPSA) is 44.8 Å². The summed E-state index contributed by atoms with van der Waals surface area (Å²) in [5.74, 6) is 0.197. The number of rotatable bonds is 5. The van der Waals surface area contributed by atoms with Gasteiger partial charge in [-0.2, -0.15) is 0 Å². The van der Waals surface area contributed by atoms with Crippen molar-refractivity contribution in [3.8, 4) is 0 Å². The van der Waals surface area contributed by atoms with E-state index in [0.29, 0.717) is 6.42 Å². The second kappa shape index (κ2) is 7.07. The SMILES string of the molecule is CN(CCN1CCCC1)C(=O)CC1CNCCO1. The normalized spacial score (nSPS) is 25.3. The lowest BCUT2D eigenvalue weighted by molar-refractivity contribution is -0.133. The predicted molar refractivity (Wildman–Crippen MR) is 70.5 cm³/mol. The number of nitrogens with one attached hydrogen (secondary N) is 1. The summed E-state index contributed by atoms with van der Waals surface area (Å²) in [7, 11) is 1.90. The van der Waals surface area contributed by atoms with E-state index in [2.05, 4.69) is 10.2 Å². The molecule has 5 nitrogen and oxygen atoms in total. The summed E-state index contributed by atoms with van der Waals surface area (Å²) in [6.07, 6.45) is 3.17. The van der Waals surface area contributed by atoms with Crippen LogP contribution in [-0.2, 0) is 9.53 Å². The molecule has 18 heavy (non-hydrogen) atoms. The van der Waals surface area contributed by atoms with E-state index in [0.717, 1.165) is 32.8 Å². The molecule has 2 aliphatic heterocycles. The zero-order valence-corrected chi connectivity index (χ0v) is 11.4. The lowest BCUT2D eigenvalue weighted by Gasteiger charge is -2.26. The van der Waals surface area contributed by atoms with E-state index in [9.17, 15) is 4.79 Å². The fourth-order valence-corrected chi connectivity index (χ4v) is 2.52. The van der Waals surface area contributed by atoms with Crippen LogP contribution in [0.5, 0.6) is 0 Å². The van der Waals surface area contributed by atoms with Gasteiger partial charge in [0.25, 0.3) is 0 Å². The molecule has 0 aromatic rings. The fraction of sp³-hybridized carbons (Fsp3) is 0.923. The van der Waals surface area contributed by atoms with Crippen molar-refractivity contribution in [1.82, 2.24) is 15.1 Å². The Kier molecular flexibility index (Phi) is 5.41. The molecular formula is C13H25N3O2. The van der Waals surface area contributed by atoms with E-state index in [4.69, 9.17) is 4.74 Å². The summed E-state index contributed by atoms with van der Waals surface area (Å²) >= 11 is 0. The number of ether oxygens (including phenoxy) is 1. The molecule has 1 amide bonds. The number of amides is 1. The number of carbonyl (C=O) groups is 1. The van der Waals surface area contributed by atoms with Gasteiger partial charge in [-0.05, 0) is 25.9 Å². The maximum atomic E-state index is 12.0. The molecule has 2 fully saturated rings. The molecule has 0 aliphatic carbocycles. The van der Waals surface area contributed by atoms with E-state index >= 15 is 0 Å². The van der Waals surface area contributed by atoms with Crippen molar-refractivity contribution < 1.29 is 9.53 Å². The Labute approximate surface area is 109 Å². The number of likely N-dealkylation sites (tertiary alicyclic amines) is 1. The van der Waals surface area contributed by atoms with Gasteiger partial charge in [-0.15, -0.1) is 0 Å². The van der Waals surface area contributed by atoms with Crippen molar-refractivity contribution in [3.63, 3.8) is 0 Å². The number of likely N-dealkylation sites (N-methyl/N-ethyl adjacent to an activating group) is 1. The quantitative estimate of drug-likeness (QED) is 0.746. The van der Waals surface area contributed by atoms with Crippen LogP contribution in [-0.4, -0.2) is 74.7 Å². The molecule has 0 radical (unpaired) electrons. The maximum absolute atomic E-state index is 12.0. The smallest absolute Gasteiger partial charge is 0.225 e. The molecule has 104 valence electrons. The first kappa shape index (κ1) is 13.8. The van der Waals surface area contributed by atoms with Crippen molar-refractivity contribution in [2.75, 3.05) is 52.9 Å². The van der Waals surface area contributed by atoms with Crippen LogP contribution < -0.4 is 5.32 Å². The molecule has 2 rings (SSSR count). The molecule has 5 heteroatoms. The highest BCUT2D eigenvalue weighted by Gasteiger charge is 2.20. The monoisotopic (exact) mass is 255 g/mol. The van der Waals surface area contributed by atoms with Gasteiger partial charge in [0.2, 0.25) is 5.91 Å². The fourth-order valence-electron chi connectivity index (χ4n) is 2.52. The first-order valence-electron chi connectivity index (χ1n) is 7.04. The summed E-state index contributed by atoms with van der Waals surface area (Å²) in [6, 6.07) is 0. The third kappa shape index (κ3) is 4.23. The third-order valence-electron chi connectivity index (χ3n) is 3.78. The predicted octanol–water partition coefficient (Wildman–Crippen LogP) is -0.0809. The molecule has 0 aromatic carbocycles. The minimum atomic E-state index is 0.0560. The van der Waals surface area contributed by atoms with Crippen molar-refractivity contribution in [2.24, 2.45) is 0 Å². The van der Waals surface area contributed by atoms with Crippen LogP contribution in [0.3, 0.4) is 0 Å². The Balaban J connectivity index is 1.63. The molecule has 2 saturated heterocycles. The Morgan fingerprint density at radius 2 is 2.22 bits per heavy atom. The van der Waals surface area contributed by atoms with E-state index in [1.54, 1.807) is 0 Å². The Morgan fingerprint density at radius 3 is 2.89 bits per heavy atom. The molecule has 0 aromatic heterocycles. The molecular weight excluding hydrogens is 230 g/mol. The molecule has 1 N–H and O–H groups in total. The molecule has 2 heterocycles. The number of carbonyl (C=O) groups excluding carboxylic acids is 1. The number of hydrogen-bond donors (Lipinski definition) is 1. The zero-order chi connectivity index (χ0) is 12.8. The molecule has 1 atom stereocenters. The van der Waals surface area contributed by atoms with Crippen LogP contribution in [0.1, 0.15) is 19.3 Å². The highest BCUT2D eigenvalue weighted by atomic mass is 16.5. The van der Waals surface area contributed by atoms with Crippen LogP contribution in [0.4, 0.5) is 0 Å². The minimum Gasteiger partial charge on any atom is -0.375 e. The summed E-state index contributed by atoms with van der Waals surface area (Å²) < 4.78 is 5.56. The van der Waals surface area contributed by atoms with Gasteiger partial charge in [-0.1, -0.05) is 0 Å². The number of nitrogens with zero attached hydrogens (tertiary/aromatic N) is 2. The zero-order valence-electron chi connectivity index (χ0n) is 11.4. The third-order valence-corrected chi connectivity index (χ3v) is 3.78. The number of morpholine rings is 1. The van der Waals surface area contributed by atoms with Crippen molar-refractivity contribution in [1.29, 1.82) is 0 Å². The highest BCUT2D eigenvalue weighted by Crippen LogP contribution is 2.08. The van der Waals surface area contributed by atoms with Crippen LogP contribution in [0.25, 0.3) is 0 Å². The molecule has 1 unspecified atom stereocenters. The lowest BCUT2D eigenvalue weighted by atomic mass is 10.2. The van der Waals surface area contributed by atoms with Gasteiger partial charge < -0.3 is 19.9 Å². The second-order valence-electron chi connectivity index (χ2n) is 5.27. The van der Waals surface area contributed by atoms with Crippen molar-refractivity contribution >= 4 is 5.91 Å². The lowest BCUT2D eigenvalue weighted by Crippen LogP contribution is -2.42. The van der Waals surface area contributed by atoms with Crippen LogP contribution in [0.2, 0.25) is 0 Å². The second-order valence-corrected chi connectivity index (χ2v) is 5.27. The van der Waals surface area contributed by atoms with Crippen LogP contribution in [0, 0.1) is 0 Å². The average molecular weight is 255 g/mol. The van der Waals surface area contributed by atoms with Gasteiger partial charge in [0.05, 0.1) is 19.1 Å². The first-order valence-corrected chi connectivity index (χ1v) is 7.04. The van der Waals surface area contributed by atoms with Gasteiger partial charge in [0, 0.05) is 33.2 Å². The van der Waals surface area contributed by atoms with E-state index in [-0.39, 0.29) is 12.0 Å². The van der Waals surface area contributed by atoms with Gasteiger partial charge in [-0.3, -0.25) is 4.79 Å². The van der Waals surface area contributed by atoms with E-state index < -0.39 is 0 Å². The van der Waals surface area contributed by atoms with Gasteiger partial charge in [-0.25, -0.2) is 0 Å².